The molecule has 3 amide bonds. The van der Waals surface area contributed by atoms with Crippen LogP contribution in [-0.4, -0.2) is 34.5 Å². The van der Waals surface area contributed by atoms with Gasteiger partial charge in [-0.1, -0.05) is 30.3 Å². The molecule has 0 radical (unpaired) electrons. The molecular weight excluding hydrogens is 428 g/mol. The number of aryl methyl sites for hydroxylation is 1. The highest BCUT2D eigenvalue weighted by Gasteiger charge is 2.61. The third-order valence-corrected chi connectivity index (χ3v) is 6.54. The largest absolute Gasteiger partial charge is 0.494 e. The molecule has 32 heavy (non-hydrogen) atoms. The van der Waals surface area contributed by atoms with E-state index in [0.717, 1.165) is 34.3 Å². The maximum atomic E-state index is 14.0. The van der Waals surface area contributed by atoms with Gasteiger partial charge in [0.25, 0.3) is 5.91 Å². The monoisotopic (exact) mass is 452 g/mol. The van der Waals surface area contributed by atoms with Gasteiger partial charge in [0.15, 0.2) is 5.17 Å². The van der Waals surface area contributed by atoms with Gasteiger partial charge in [0.05, 0.1) is 18.8 Å². The number of carbonyl (C=O) groups excluding carboxylic acids is 3. The number of benzene rings is 2. The maximum Gasteiger partial charge on any atom is 0.271 e. The zero-order valence-corrected chi connectivity index (χ0v) is 19.2. The van der Waals surface area contributed by atoms with E-state index in [4.69, 9.17) is 4.74 Å². The second-order valence-electron chi connectivity index (χ2n) is 7.60. The summed E-state index contributed by atoms with van der Waals surface area (Å²) >= 11 is 1.08. The molecule has 0 saturated carbocycles. The smallest absolute Gasteiger partial charge is 0.271 e. The van der Waals surface area contributed by atoms with Gasteiger partial charge < -0.3 is 15.0 Å². The Morgan fingerprint density at radius 2 is 1.88 bits per heavy atom. The average molecular weight is 453 g/mol. The summed E-state index contributed by atoms with van der Waals surface area (Å²) in [6.07, 6.45) is 0. The van der Waals surface area contributed by atoms with Crippen molar-refractivity contribution in [3.05, 3.63) is 59.2 Å². The molecule has 2 aromatic carbocycles. The number of hydrogen-bond donors (Lipinski definition) is 1. The van der Waals surface area contributed by atoms with Gasteiger partial charge in [-0.3, -0.25) is 14.4 Å². The van der Waals surface area contributed by atoms with Crippen LogP contribution in [0.15, 0.2) is 47.6 Å². The lowest BCUT2D eigenvalue weighted by atomic mass is 10.0. The fourth-order valence-corrected chi connectivity index (χ4v) is 5.37. The summed E-state index contributed by atoms with van der Waals surface area (Å²) in [4.78, 5) is 38.4. The average Bonchev–Trinajstić information content (AvgIpc) is 3.22. The van der Waals surface area contributed by atoms with E-state index in [-0.39, 0.29) is 22.9 Å². The normalized spacial score (nSPS) is 19.2. The first kappa shape index (κ1) is 21.9. The Labute approximate surface area is 190 Å². The van der Waals surface area contributed by atoms with E-state index in [1.807, 2.05) is 56.3 Å². The summed E-state index contributed by atoms with van der Waals surface area (Å²) in [5, 5.41) is 8.31. The zero-order valence-electron chi connectivity index (χ0n) is 18.3. The third-order valence-electron chi connectivity index (χ3n) is 5.30. The number of amidine groups is 1. The fraction of sp³-hybridized carbons (Fsp3) is 0.304. The van der Waals surface area contributed by atoms with Crippen LogP contribution in [0.4, 0.5) is 5.69 Å². The number of fused-ring (bicyclic) bond motifs is 2. The van der Waals surface area contributed by atoms with Gasteiger partial charge in [0, 0.05) is 19.4 Å². The molecule has 2 aliphatic rings. The summed E-state index contributed by atoms with van der Waals surface area (Å²) in [5.41, 5.74) is 3.27. The summed E-state index contributed by atoms with van der Waals surface area (Å²) in [6.45, 7) is 7.48. The predicted octanol–water partition coefficient (Wildman–Crippen LogP) is 3.10. The van der Waals surface area contributed by atoms with Gasteiger partial charge >= 0.3 is 0 Å². The van der Waals surface area contributed by atoms with E-state index in [2.05, 4.69) is 10.4 Å². The molecule has 1 spiro atoms. The minimum atomic E-state index is -1.39. The van der Waals surface area contributed by atoms with Crippen LogP contribution >= 0.6 is 11.8 Å². The minimum Gasteiger partial charge on any atom is -0.494 e. The summed E-state index contributed by atoms with van der Waals surface area (Å²) in [6, 6.07) is 13.2. The molecule has 0 aromatic heterocycles. The topological polar surface area (TPSA) is 91.3 Å². The van der Waals surface area contributed by atoms with Crippen molar-refractivity contribution in [3.63, 3.8) is 0 Å². The Hall–Kier alpha value is -3.33. The van der Waals surface area contributed by atoms with Gasteiger partial charge in [0.1, 0.15) is 5.75 Å². The second kappa shape index (κ2) is 8.31. The number of nitrogens with zero attached hydrogens (tertiary/aromatic N) is 3. The molecule has 1 unspecified atom stereocenters. The summed E-state index contributed by atoms with van der Waals surface area (Å²) in [7, 11) is 0. The Morgan fingerprint density at radius 1 is 1.16 bits per heavy atom. The molecule has 2 aromatic rings. The first-order valence-corrected chi connectivity index (χ1v) is 11.1. The van der Waals surface area contributed by atoms with Crippen LogP contribution in [0.1, 0.15) is 37.5 Å². The van der Waals surface area contributed by atoms with E-state index < -0.39 is 4.87 Å². The molecule has 0 saturated heterocycles. The Bertz CT molecular complexity index is 1130. The lowest BCUT2D eigenvalue weighted by Crippen LogP contribution is -2.48. The maximum absolute atomic E-state index is 14.0. The number of ether oxygens (including phenoxy) is 1. The highest BCUT2D eigenvalue weighted by molar-refractivity contribution is 8.15. The summed E-state index contributed by atoms with van der Waals surface area (Å²) < 4.78 is 5.51. The third kappa shape index (κ3) is 3.52. The molecule has 9 heteroatoms. The van der Waals surface area contributed by atoms with Crippen molar-refractivity contribution >= 4 is 40.3 Å². The van der Waals surface area contributed by atoms with E-state index in [0.29, 0.717) is 18.7 Å². The minimum absolute atomic E-state index is 0.219. The molecule has 2 aliphatic heterocycles. The van der Waals surface area contributed by atoms with Crippen molar-refractivity contribution in [3.8, 4) is 5.75 Å². The number of para-hydroxylation sites is 1. The molecule has 1 N–H and O–H groups in total. The number of nitrogens with one attached hydrogen (secondary N) is 1. The highest BCUT2D eigenvalue weighted by Crippen LogP contribution is 2.55. The first-order chi connectivity index (χ1) is 15.3. The molecule has 4 rings (SSSR count). The van der Waals surface area contributed by atoms with E-state index in [1.165, 1.54) is 18.9 Å². The number of rotatable bonds is 4. The molecule has 0 bridgehead atoms. The molecule has 166 valence electrons. The van der Waals surface area contributed by atoms with Gasteiger partial charge in [-0.2, -0.15) is 5.01 Å². The van der Waals surface area contributed by atoms with E-state index >= 15 is 0 Å². The lowest BCUT2D eigenvalue weighted by molar-refractivity contribution is -0.139. The van der Waals surface area contributed by atoms with Crippen molar-refractivity contribution in [2.45, 2.75) is 39.1 Å². The zero-order chi connectivity index (χ0) is 23.0. The van der Waals surface area contributed by atoms with Crippen molar-refractivity contribution in [1.29, 1.82) is 0 Å². The Morgan fingerprint density at radius 3 is 2.50 bits per heavy atom. The van der Waals surface area contributed by atoms with Gasteiger partial charge in [-0.05, 0) is 48.9 Å². The highest BCUT2D eigenvalue weighted by atomic mass is 32.2. The Kier molecular flexibility index (Phi) is 5.68. The number of amides is 3. The number of anilines is 1. The second-order valence-corrected chi connectivity index (χ2v) is 8.78. The van der Waals surface area contributed by atoms with E-state index in [1.54, 1.807) is 4.90 Å². The molecule has 0 aliphatic carbocycles. The number of carbonyl (C=O) groups is 3. The lowest BCUT2D eigenvalue weighted by Gasteiger charge is -2.29. The standard InChI is InChI=1S/C23H24N4O4S/c1-5-31-18-11-9-17(10-12-18)13-26-20-14(2)7-6-8-19(20)23(21(26)30)27(16(4)29)25-22(32-23)24-15(3)28/h6-12H,5,13H2,1-4H3,(H,24,25,28). The molecule has 1 atom stereocenters. The fourth-order valence-electron chi connectivity index (χ4n) is 4.04. The van der Waals surface area contributed by atoms with Gasteiger partial charge in [-0.25, -0.2) is 0 Å². The van der Waals surface area contributed by atoms with Gasteiger partial charge in [0.2, 0.25) is 16.7 Å². The molecular formula is C23H24N4O4S. The number of hydrogen-bond acceptors (Lipinski definition) is 6. The predicted molar refractivity (Wildman–Crippen MR) is 123 cm³/mol. The van der Waals surface area contributed by atoms with Crippen LogP contribution < -0.4 is 15.0 Å². The first-order valence-electron chi connectivity index (χ1n) is 10.3. The van der Waals surface area contributed by atoms with Crippen molar-refractivity contribution in [2.75, 3.05) is 11.5 Å². The summed E-state index contributed by atoms with van der Waals surface area (Å²) in [5.74, 6) is -0.223. The van der Waals surface area contributed by atoms with Gasteiger partial charge in [-0.15, -0.1) is 5.10 Å². The number of thioether (sulfide) groups is 1. The van der Waals surface area contributed by atoms with Crippen LogP contribution in [0.2, 0.25) is 0 Å². The van der Waals surface area contributed by atoms with E-state index in [9.17, 15) is 14.4 Å². The van der Waals surface area contributed by atoms with Crippen molar-refractivity contribution in [1.82, 2.24) is 10.3 Å². The van der Waals surface area contributed by atoms with Crippen LogP contribution in [0, 0.1) is 6.92 Å². The molecule has 0 fully saturated rings. The van der Waals surface area contributed by atoms with Crippen LogP contribution in [0.25, 0.3) is 0 Å². The Balaban J connectivity index is 1.77. The van der Waals surface area contributed by atoms with Crippen LogP contribution in [0.3, 0.4) is 0 Å². The van der Waals surface area contributed by atoms with Crippen LogP contribution in [0.5, 0.6) is 5.75 Å². The molecule has 2 heterocycles. The number of hydrazone groups is 1. The van der Waals surface area contributed by atoms with Crippen LogP contribution in [-0.2, 0) is 25.8 Å². The quantitative estimate of drug-likeness (QED) is 0.770. The van der Waals surface area contributed by atoms with Crippen molar-refractivity contribution < 1.29 is 19.1 Å². The SMILES string of the molecule is CCOc1ccc(CN2C(=O)C3(SC(NC(C)=O)=NN3C(C)=O)c3cccc(C)c32)cc1. The van der Waals surface area contributed by atoms with Crippen molar-refractivity contribution in [2.24, 2.45) is 5.10 Å². The molecule has 8 nitrogen and oxygen atoms in total.